The Labute approximate surface area is 204 Å². The van der Waals surface area contributed by atoms with Crippen molar-refractivity contribution in [3.05, 3.63) is 84.7 Å². The summed E-state index contributed by atoms with van der Waals surface area (Å²) >= 11 is 0. The predicted molar refractivity (Wildman–Crippen MR) is 137 cm³/mol. The standard InChI is InChI=1S/C28H28N4O3/c1-3-35-25-16-10-9-15-24(25)31-18-20(17-26(31)33)28-29-22-13-7-8-14-23(22)32(28)19-27(34)30(2)21-11-5-4-6-12-21/h4-16,20H,3,17-19H2,1-2H3. The molecule has 1 aliphatic heterocycles. The smallest absolute Gasteiger partial charge is 0.246 e. The average Bonchev–Trinajstić information content (AvgIpc) is 3.45. The van der Waals surface area contributed by atoms with Crippen molar-refractivity contribution in [2.75, 3.05) is 30.0 Å². The third-order valence-corrected chi connectivity index (χ3v) is 6.44. The Hall–Kier alpha value is -4.13. The van der Waals surface area contributed by atoms with Crippen LogP contribution in [0.15, 0.2) is 78.9 Å². The second-order valence-corrected chi connectivity index (χ2v) is 8.64. The first-order valence-electron chi connectivity index (χ1n) is 11.9. The maximum absolute atomic E-state index is 13.3. The van der Waals surface area contributed by atoms with Gasteiger partial charge in [-0.3, -0.25) is 9.59 Å². The van der Waals surface area contributed by atoms with Crippen LogP contribution in [0.4, 0.5) is 11.4 Å². The van der Waals surface area contributed by atoms with Crippen LogP contribution in [0.3, 0.4) is 0 Å². The number of carbonyl (C=O) groups is 2. The van der Waals surface area contributed by atoms with Crippen molar-refractivity contribution >= 4 is 34.2 Å². The number of rotatable bonds is 7. The van der Waals surface area contributed by atoms with Gasteiger partial charge in [0.25, 0.3) is 0 Å². The Morgan fingerprint density at radius 1 is 1.03 bits per heavy atom. The van der Waals surface area contributed by atoms with Crippen molar-refractivity contribution in [2.45, 2.75) is 25.8 Å². The molecule has 3 aromatic carbocycles. The zero-order valence-corrected chi connectivity index (χ0v) is 19.9. The van der Waals surface area contributed by atoms with Gasteiger partial charge in [-0.25, -0.2) is 4.98 Å². The van der Waals surface area contributed by atoms with E-state index in [4.69, 9.17) is 9.72 Å². The molecule has 1 atom stereocenters. The van der Waals surface area contributed by atoms with E-state index in [1.807, 2.05) is 90.4 Å². The molecule has 0 radical (unpaired) electrons. The van der Waals surface area contributed by atoms with Gasteiger partial charge in [0.1, 0.15) is 18.1 Å². The summed E-state index contributed by atoms with van der Waals surface area (Å²) in [5, 5.41) is 0. The Morgan fingerprint density at radius 3 is 2.54 bits per heavy atom. The van der Waals surface area contributed by atoms with E-state index in [0.29, 0.717) is 25.3 Å². The number of aromatic nitrogens is 2. The molecule has 0 N–H and O–H groups in total. The largest absolute Gasteiger partial charge is 0.492 e. The van der Waals surface area contributed by atoms with Gasteiger partial charge in [0, 0.05) is 31.6 Å². The van der Waals surface area contributed by atoms with Gasteiger partial charge >= 0.3 is 0 Å². The average molecular weight is 469 g/mol. The van der Waals surface area contributed by atoms with Gasteiger partial charge in [-0.1, -0.05) is 42.5 Å². The lowest BCUT2D eigenvalue weighted by atomic mass is 10.1. The molecule has 4 aromatic rings. The van der Waals surface area contributed by atoms with Crippen LogP contribution in [-0.2, 0) is 16.1 Å². The molecule has 1 aliphatic rings. The second-order valence-electron chi connectivity index (χ2n) is 8.64. The molecule has 7 nitrogen and oxygen atoms in total. The van der Waals surface area contributed by atoms with Crippen molar-refractivity contribution in [3.63, 3.8) is 0 Å². The van der Waals surface area contributed by atoms with Crippen LogP contribution in [0.5, 0.6) is 5.75 Å². The number of anilines is 2. The monoisotopic (exact) mass is 468 g/mol. The molecule has 2 heterocycles. The molecule has 5 rings (SSSR count). The molecule has 1 saturated heterocycles. The lowest BCUT2D eigenvalue weighted by Gasteiger charge is -2.21. The number of amides is 2. The van der Waals surface area contributed by atoms with Crippen LogP contribution < -0.4 is 14.5 Å². The number of benzene rings is 3. The van der Waals surface area contributed by atoms with Gasteiger partial charge in [-0.2, -0.15) is 0 Å². The number of ether oxygens (including phenoxy) is 1. The fourth-order valence-corrected chi connectivity index (χ4v) is 4.68. The lowest BCUT2D eigenvalue weighted by molar-refractivity contribution is -0.119. The Kier molecular flexibility index (Phi) is 6.23. The molecule has 0 bridgehead atoms. The minimum atomic E-state index is -0.139. The second kappa shape index (κ2) is 9.62. The summed E-state index contributed by atoms with van der Waals surface area (Å²) in [7, 11) is 1.78. The highest BCUT2D eigenvalue weighted by atomic mass is 16.5. The first-order valence-corrected chi connectivity index (χ1v) is 11.9. The molecule has 0 spiro atoms. The molecule has 2 amide bonds. The highest BCUT2D eigenvalue weighted by molar-refractivity contribution is 5.98. The van der Waals surface area contributed by atoms with Crippen molar-refractivity contribution in [1.29, 1.82) is 0 Å². The molecule has 1 unspecified atom stereocenters. The van der Waals surface area contributed by atoms with Crippen LogP contribution >= 0.6 is 0 Å². The third-order valence-electron chi connectivity index (χ3n) is 6.44. The summed E-state index contributed by atoms with van der Waals surface area (Å²) in [6, 6.07) is 25.0. The van der Waals surface area contributed by atoms with Crippen molar-refractivity contribution in [2.24, 2.45) is 0 Å². The van der Waals surface area contributed by atoms with Gasteiger partial charge in [0.2, 0.25) is 11.8 Å². The fourth-order valence-electron chi connectivity index (χ4n) is 4.68. The summed E-state index contributed by atoms with van der Waals surface area (Å²) in [6.07, 6.45) is 0.326. The number of para-hydroxylation sites is 5. The molecule has 7 heteroatoms. The number of carbonyl (C=O) groups excluding carboxylic acids is 2. The van der Waals surface area contributed by atoms with Crippen LogP contribution in [0.2, 0.25) is 0 Å². The van der Waals surface area contributed by atoms with Crippen molar-refractivity contribution < 1.29 is 14.3 Å². The lowest BCUT2D eigenvalue weighted by Crippen LogP contribution is -2.31. The van der Waals surface area contributed by atoms with Gasteiger partial charge in [0.05, 0.1) is 23.3 Å². The summed E-state index contributed by atoms with van der Waals surface area (Å²) < 4.78 is 7.73. The zero-order valence-electron chi connectivity index (χ0n) is 19.9. The third kappa shape index (κ3) is 4.37. The first-order chi connectivity index (χ1) is 17.1. The molecule has 1 fully saturated rings. The Morgan fingerprint density at radius 2 is 1.74 bits per heavy atom. The molecule has 0 saturated carbocycles. The number of nitrogens with zero attached hydrogens (tertiary/aromatic N) is 4. The van der Waals surface area contributed by atoms with Crippen LogP contribution in [0.25, 0.3) is 11.0 Å². The van der Waals surface area contributed by atoms with Crippen molar-refractivity contribution in [3.8, 4) is 5.75 Å². The van der Waals surface area contributed by atoms with E-state index in [0.717, 1.165) is 28.2 Å². The predicted octanol–water partition coefficient (Wildman–Crippen LogP) is 4.62. The molecule has 178 valence electrons. The van der Waals surface area contributed by atoms with E-state index in [1.165, 1.54) is 0 Å². The topological polar surface area (TPSA) is 67.7 Å². The molecule has 1 aromatic heterocycles. The van der Waals surface area contributed by atoms with E-state index in [-0.39, 0.29) is 24.3 Å². The Balaban J connectivity index is 1.47. The normalized spacial score (nSPS) is 15.5. The fraction of sp³-hybridized carbons (Fsp3) is 0.250. The number of imidazole rings is 1. The highest BCUT2D eigenvalue weighted by Gasteiger charge is 2.36. The van der Waals surface area contributed by atoms with Gasteiger partial charge in [0.15, 0.2) is 0 Å². The van der Waals surface area contributed by atoms with Crippen molar-refractivity contribution in [1.82, 2.24) is 9.55 Å². The molecule has 0 aliphatic carbocycles. The van der Waals surface area contributed by atoms with E-state index in [9.17, 15) is 9.59 Å². The SMILES string of the molecule is CCOc1ccccc1N1CC(c2nc3ccccc3n2CC(=O)N(C)c2ccccc2)CC1=O. The number of likely N-dealkylation sites (N-methyl/N-ethyl adjacent to an activating group) is 1. The number of fused-ring (bicyclic) bond motifs is 1. The maximum Gasteiger partial charge on any atom is 0.246 e. The minimum absolute atomic E-state index is 0.0217. The quantitative estimate of drug-likeness (QED) is 0.397. The molecular formula is C28H28N4O3. The molecule has 35 heavy (non-hydrogen) atoms. The summed E-state index contributed by atoms with van der Waals surface area (Å²) in [5.74, 6) is 1.28. The summed E-state index contributed by atoms with van der Waals surface area (Å²) in [6.45, 7) is 3.07. The Bertz CT molecular complexity index is 1370. The van der Waals surface area contributed by atoms with Gasteiger partial charge in [-0.15, -0.1) is 0 Å². The molecular weight excluding hydrogens is 440 g/mol. The van der Waals surface area contributed by atoms with Gasteiger partial charge in [-0.05, 0) is 43.3 Å². The number of hydrogen-bond acceptors (Lipinski definition) is 4. The van der Waals surface area contributed by atoms with E-state index in [2.05, 4.69) is 0 Å². The zero-order chi connectivity index (χ0) is 24.4. The van der Waals surface area contributed by atoms with E-state index >= 15 is 0 Å². The van der Waals surface area contributed by atoms with Gasteiger partial charge < -0.3 is 19.1 Å². The van der Waals surface area contributed by atoms with Crippen LogP contribution in [-0.4, -0.2) is 41.6 Å². The minimum Gasteiger partial charge on any atom is -0.492 e. The van der Waals surface area contributed by atoms with E-state index in [1.54, 1.807) is 16.8 Å². The first kappa shape index (κ1) is 22.7. The van der Waals surface area contributed by atoms with Crippen LogP contribution in [0, 0.1) is 0 Å². The van der Waals surface area contributed by atoms with Crippen LogP contribution in [0.1, 0.15) is 25.1 Å². The van der Waals surface area contributed by atoms with E-state index < -0.39 is 0 Å². The summed E-state index contributed by atoms with van der Waals surface area (Å²) in [5.41, 5.74) is 3.30. The summed E-state index contributed by atoms with van der Waals surface area (Å²) in [4.78, 5) is 34.7. The highest BCUT2D eigenvalue weighted by Crippen LogP contribution is 2.37. The number of hydrogen-bond donors (Lipinski definition) is 0. The maximum atomic E-state index is 13.3.